The molecule has 0 spiro atoms. The lowest BCUT2D eigenvalue weighted by Crippen LogP contribution is -2.71. The number of carbonyl (C=O) groups excluding carboxylic acids is 4. The van der Waals surface area contributed by atoms with E-state index in [4.69, 9.17) is 4.74 Å². The van der Waals surface area contributed by atoms with Crippen molar-refractivity contribution >= 4 is 53.4 Å². The number of hydrogen-bond donors (Lipinski definition) is 3. The summed E-state index contributed by atoms with van der Waals surface area (Å²) in [6.45, 7) is 0.0931. The summed E-state index contributed by atoms with van der Waals surface area (Å²) in [4.78, 5) is 65.1. The number of fused-ring (bicyclic) bond motifs is 1. The Labute approximate surface area is 229 Å². The van der Waals surface area contributed by atoms with Gasteiger partial charge in [0, 0.05) is 18.6 Å². The highest BCUT2D eigenvalue weighted by atomic mass is 32.2. The minimum atomic E-state index is -1.25. The number of carbonyl (C=O) groups is 5. The number of aromatic nitrogens is 4. The number of aryl methyl sites for hydroxylation is 1. The lowest BCUT2D eigenvalue weighted by atomic mass is 10.0. The van der Waals surface area contributed by atoms with Crippen LogP contribution in [0.2, 0.25) is 0 Å². The van der Waals surface area contributed by atoms with Crippen LogP contribution in [-0.4, -0.2) is 101 Å². The molecule has 1 unspecified atom stereocenters. The quantitative estimate of drug-likeness (QED) is 0.282. The summed E-state index contributed by atoms with van der Waals surface area (Å²) < 4.78 is 6.25. The second-order valence-corrected chi connectivity index (χ2v) is 10.6. The first kappa shape index (κ1) is 26.5. The molecule has 3 aliphatic rings. The SMILES string of the molecule is Cn1nnnc1SCC1=C(C(=O)O)N2C(=O)C(NC(=O)[C@H](NC(=O)N3CCOC3=O)c3ccccc3)[C@H]2SC1. The molecule has 0 radical (unpaired) electrons. The fourth-order valence-electron chi connectivity index (χ4n) is 4.25. The van der Waals surface area contributed by atoms with Gasteiger partial charge in [-0.3, -0.25) is 14.5 Å². The van der Waals surface area contributed by atoms with E-state index < -0.39 is 47.4 Å². The van der Waals surface area contributed by atoms with Gasteiger partial charge in [0.25, 0.3) is 5.91 Å². The largest absolute Gasteiger partial charge is 0.477 e. The van der Waals surface area contributed by atoms with Gasteiger partial charge in [-0.05, 0) is 21.6 Å². The molecule has 1 aromatic heterocycles. The molecule has 5 amide bonds. The van der Waals surface area contributed by atoms with Crippen molar-refractivity contribution in [3.63, 3.8) is 0 Å². The van der Waals surface area contributed by atoms with Crippen molar-refractivity contribution < 1.29 is 33.8 Å². The topological polar surface area (TPSA) is 189 Å². The van der Waals surface area contributed by atoms with Gasteiger partial charge in [0.15, 0.2) is 0 Å². The Kier molecular flexibility index (Phi) is 7.42. The summed E-state index contributed by atoms with van der Waals surface area (Å²) in [7, 11) is 1.66. The van der Waals surface area contributed by atoms with Crippen molar-refractivity contribution in [3.8, 4) is 0 Å². The van der Waals surface area contributed by atoms with Gasteiger partial charge in [0.05, 0.1) is 6.54 Å². The van der Waals surface area contributed by atoms with Crippen LogP contribution in [0.5, 0.6) is 0 Å². The number of nitrogens with zero attached hydrogens (tertiary/aromatic N) is 6. The maximum Gasteiger partial charge on any atom is 0.418 e. The lowest BCUT2D eigenvalue weighted by Gasteiger charge is -2.49. The zero-order chi connectivity index (χ0) is 27.7. The number of imide groups is 1. The fraction of sp³-hybridized carbons (Fsp3) is 0.364. The van der Waals surface area contributed by atoms with Crippen LogP contribution in [0.1, 0.15) is 11.6 Å². The van der Waals surface area contributed by atoms with Crippen LogP contribution < -0.4 is 10.6 Å². The molecule has 3 atom stereocenters. The maximum absolute atomic E-state index is 13.4. The lowest BCUT2D eigenvalue weighted by molar-refractivity contribution is -0.151. The van der Waals surface area contributed by atoms with E-state index in [1.54, 1.807) is 37.4 Å². The van der Waals surface area contributed by atoms with E-state index in [9.17, 15) is 29.1 Å². The standard InChI is InChI=1S/C22H22N8O7S2/c1-28-21(25-26-27-28)39-10-12-9-38-18-14(17(32)30(18)15(12)19(33)34)23-16(31)13(11-5-3-2-4-6-11)24-20(35)29-7-8-37-22(29)36/h2-6,13-14,18H,7-10H2,1H3,(H,23,31)(H,24,35)(H,33,34)/t13-,14?,18-/m1/s1. The number of tetrazole rings is 1. The van der Waals surface area contributed by atoms with E-state index >= 15 is 0 Å². The molecular weight excluding hydrogens is 552 g/mol. The van der Waals surface area contributed by atoms with Crippen LogP contribution in [0.25, 0.3) is 0 Å². The molecular formula is C22H22N8O7S2. The highest BCUT2D eigenvalue weighted by Gasteiger charge is 2.54. The predicted molar refractivity (Wildman–Crippen MR) is 135 cm³/mol. The Morgan fingerprint density at radius 3 is 2.67 bits per heavy atom. The highest BCUT2D eigenvalue weighted by Crippen LogP contribution is 2.41. The zero-order valence-corrected chi connectivity index (χ0v) is 22.0. The molecule has 15 nitrogen and oxygen atoms in total. The van der Waals surface area contributed by atoms with Crippen molar-refractivity contribution in [2.75, 3.05) is 24.7 Å². The van der Waals surface area contributed by atoms with E-state index in [0.29, 0.717) is 22.0 Å². The first-order valence-electron chi connectivity index (χ1n) is 11.6. The predicted octanol–water partition coefficient (Wildman–Crippen LogP) is -0.0561. The van der Waals surface area contributed by atoms with E-state index in [0.717, 1.165) is 4.90 Å². The van der Waals surface area contributed by atoms with Gasteiger partial charge in [-0.2, -0.15) is 0 Å². The number of thioether (sulfide) groups is 2. The summed E-state index contributed by atoms with van der Waals surface area (Å²) in [5.41, 5.74) is 0.832. The van der Waals surface area contributed by atoms with Crippen molar-refractivity contribution in [1.82, 2.24) is 40.6 Å². The van der Waals surface area contributed by atoms with Gasteiger partial charge in [-0.15, -0.1) is 16.9 Å². The maximum atomic E-state index is 13.4. The van der Waals surface area contributed by atoms with Gasteiger partial charge in [0.2, 0.25) is 11.1 Å². The Bertz CT molecular complexity index is 1370. The van der Waals surface area contributed by atoms with Crippen LogP contribution in [0.4, 0.5) is 9.59 Å². The van der Waals surface area contributed by atoms with Crippen molar-refractivity contribution in [3.05, 3.63) is 47.2 Å². The molecule has 0 aliphatic carbocycles. The number of carboxylic acids is 1. The van der Waals surface area contributed by atoms with Crippen molar-refractivity contribution in [2.45, 2.75) is 22.6 Å². The van der Waals surface area contributed by atoms with Gasteiger partial charge in [-0.1, -0.05) is 42.1 Å². The molecule has 4 heterocycles. The van der Waals surface area contributed by atoms with Gasteiger partial charge < -0.3 is 20.5 Å². The number of hydrogen-bond acceptors (Lipinski definition) is 11. The van der Waals surface area contributed by atoms with Gasteiger partial charge in [0.1, 0.15) is 29.8 Å². The minimum absolute atomic E-state index is 0.0423. The molecule has 17 heteroatoms. The molecule has 0 bridgehead atoms. The summed E-state index contributed by atoms with van der Waals surface area (Å²) in [6, 6.07) is 5.31. The average molecular weight is 575 g/mol. The highest BCUT2D eigenvalue weighted by molar-refractivity contribution is 8.01. The fourth-order valence-corrected chi connectivity index (χ4v) is 6.59. The zero-order valence-electron chi connectivity index (χ0n) is 20.3. The monoisotopic (exact) mass is 574 g/mol. The van der Waals surface area contributed by atoms with Crippen molar-refractivity contribution in [2.24, 2.45) is 7.05 Å². The number of rotatable bonds is 8. The van der Waals surface area contributed by atoms with Gasteiger partial charge >= 0.3 is 18.1 Å². The van der Waals surface area contributed by atoms with Crippen LogP contribution in [-0.2, 0) is 26.2 Å². The second kappa shape index (κ2) is 10.9. The van der Waals surface area contributed by atoms with Crippen LogP contribution in [0.15, 0.2) is 46.8 Å². The first-order valence-corrected chi connectivity index (χ1v) is 13.6. The third kappa shape index (κ3) is 5.14. The molecule has 1 aromatic carbocycles. The molecule has 3 aliphatic heterocycles. The third-order valence-electron chi connectivity index (χ3n) is 6.17. The smallest absolute Gasteiger partial charge is 0.418 e. The van der Waals surface area contributed by atoms with E-state index in [1.807, 2.05) is 0 Å². The summed E-state index contributed by atoms with van der Waals surface area (Å²) in [5, 5.41) is 26.1. The van der Waals surface area contributed by atoms with Crippen LogP contribution >= 0.6 is 23.5 Å². The number of cyclic esters (lactones) is 1. The Morgan fingerprint density at radius 2 is 2.03 bits per heavy atom. The number of ether oxygens (including phenoxy) is 1. The van der Waals surface area contributed by atoms with Crippen molar-refractivity contribution in [1.29, 1.82) is 0 Å². The van der Waals surface area contributed by atoms with E-state index in [-0.39, 0.29) is 24.6 Å². The number of aliphatic carboxylic acids is 1. The minimum Gasteiger partial charge on any atom is -0.477 e. The number of carboxylic acid groups (broad SMARTS) is 1. The Balaban J connectivity index is 1.30. The molecule has 2 saturated heterocycles. The number of benzene rings is 1. The normalized spacial score (nSPS) is 21.2. The number of urea groups is 1. The molecule has 3 N–H and O–H groups in total. The molecule has 39 heavy (non-hydrogen) atoms. The first-order chi connectivity index (χ1) is 18.8. The molecule has 5 rings (SSSR count). The van der Waals surface area contributed by atoms with Gasteiger partial charge in [-0.25, -0.2) is 24.0 Å². The summed E-state index contributed by atoms with van der Waals surface area (Å²) in [5.74, 6) is -1.94. The molecule has 2 fully saturated rings. The van der Waals surface area contributed by atoms with E-state index in [1.165, 1.54) is 33.1 Å². The average Bonchev–Trinajstić information content (AvgIpc) is 3.55. The Morgan fingerprint density at radius 1 is 1.26 bits per heavy atom. The second-order valence-electron chi connectivity index (χ2n) is 8.59. The molecule has 0 saturated carbocycles. The number of nitrogens with one attached hydrogen (secondary N) is 2. The number of β-lactam (4-membered cyclic amide) rings is 1. The van der Waals surface area contributed by atoms with Crippen LogP contribution in [0, 0.1) is 0 Å². The van der Waals surface area contributed by atoms with Crippen LogP contribution in [0.3, 0.4) is 0 Å². The summed E-state index contributed by atoms with van der Waals surface area (Å²) in [6.07, 6.45) is -0.819. The molecule has 204 valence electrons. The third-order valence-corrected chi connectivity index (χ3v) is 8.61. The van der Waals surface area contributed by atoms with E-state index in [2.05, 4.69) is 26.2 Å². The summed E-state index contributed by atoms with van der Waals surface area (Å²) >= 11 is 2.57. The number of amides is 5. The molecule has 2 aromatic rings. The Hall–Kier alpha value is -4.12.